The number of phosphoric acid groups is 1. The lowest BCUT2D eigenvalue weighted by Gasteiger charge is -2.26. The van der Waals surface area contributed by atoms with Crippen molar-refractivity contribution in [2.75, 3.05) is 19.8 Å². The van der Waals surface area contributed by atoms with Crippen LogP contribution in [-0.2, 0) is 22.9 Å². The zero-order chi connectivity index (χ0) is 31.9. The van der Waals surface area contributed by atoms with E-state index in [0.29, 0.717) is 6.42 Å². The molecule has 11 heteroatoms. The van der Waals surface area contributed by atoms with Crippen molar-refractivity contribution in [1.29, 1.82) is 10.5 Å². The molecule has 0 aliphatic rings. The second kappa shape index (κ2) is 23.7. The fourth-order valence-electron chi connectivity index (χ4n) is 3.51. The van der Waals surface area contributed by atoms with E-state index >= 15 is 0 Å². The molecule has 2 N–H and O–H groups in total. The van der Waals surface area contributed by atoms with Crippen LogP contribution in [0.15, 0.2) is 12.2 Å². The molecule has 0 rings (SSSR count). The van der Waals surface area contributed by atoms with Gasteiger partial charge in [-0.05, 0) is 33.6 Å². The van der Waals surface area contributed by atoms with Gasteiger partial charge in [-0.15, -0.1) is 0 Å². The molecule has 0 radical (unpaired) electrons. The molecule has 2 atom stereocenters. The van der Waals surface area contributed by atoms with Crippen molar-refractivity contribution in [3.05, 3.63) is 12.2 Å². The quantitative estimate of drug-likeness (QED) is 0.0505. The third kappa shape index (κ3) is 22.8. The smallest absolute Gasteiger partial charge is 0.444 e. The molecule has 0 aromatic carbocycles. The van der Waals surface area contributed by atoms with Gasteiger partial charge in [0.25, 0.3) is 0 Å². The Morgan fingerprint density at radius 3 is 1.93 bits per heavy atom. The summed E-state index contributed by atoms with van der Waals surface area (Å²) in [5, 5.41) is 30.6. The van der Waals surface area contributed by atoms with Crippen LogP contribution in [0.4, 0.5) is 4.79 Å². The largest absolute Gasteiger partial charge is 0.474 e. The Kier molecular flexibility index (Phi) is 20.3. The van der Waals surface area contributed by atoms with E-state index in [4.69, 9.17) is 31.6 Å². The van der Waals surface area contributed by atoms with Crippen molar-refractivity contribution >= 4 is 13.9 Å². The summed E-state index contributed by atoms with van der Waals surface area (Å²) < 4.78 is 50.4. The zero-order valence-electron chi connectivity index (χ0n) is 26.9. The number of phosphoric ester groups is 1. The van der Waals surface area contributed by atoms with Gasteiger partial charge in [0.2, 0.25) is 0 Å². The highest BCUT2D eigenvalue weighted by Gasteiger charge is 2.31. The molecule has 10 nitrogen and oxygen atoms in total. The predicted octanol–water partition coefficient (Wildman–Crippen LogP) is 7.48. The topological polar surface area (TPSA) is 151 Å². The first kappa shape index (κ1) is 34.3. The number of rotatable bonds is 24. The summed E-state index contributed by atoms with van der Waals surface area (Å²) in [6.07, 6.45) is 14.0. The van der Waals surface area contributed by atoms with Crippen molar-refractivity contribution in [3.8, 4) is 12.1 Å². The van der Waals surface area contributed by atoms with E-state index in [2.05, 4.69) is 12.2 Å². The molecule has 0 aromatic heterocycles. The van der Waals surface area contributed by atoms with Gasteiger partial charge in [0.15, 0.2) is 0 Å². The third-order valence-corrected chi connectivity index (χ3v) is 6.87. The van der Waals surface area contributed by atoms with Crippen LogP contribution in [0.2, 0.25) is 0 Å². The summed E-state index contributed by atoms with van der Waals surface area (Å²) >= 11 is 0. The molecule has 0 saturated heterocycles. The first-order chi connectivity index (χ1) is 19.8. The van der Waals surface area contributed by atoms with Crippen molar-refractivity contribution in [1.82, 2.24) is 5.32 Å². The minimum Gasteiger partial charge on any atom is -0.444 e. The number of hydrogen-bond donors (Lipinski definition) is 2. The highest BCUT2D eigenvalue weighted by Crippen LogP contribution is 2.49. The maximum Gasteiger partial charge on any atom is 0.474 e. The molecule has 0 saturated carbocycles. The second-order valence-corrected chi connectivity index (χ2v) is 12.1. The average Bonchev–Trinajstić information content (AvgIpc) is 2.88. The Hall–Kier alpha value is -1.94. The molecular formula is C29H52N3O7P. The number of alkyl carbamates (subject to hydrolysis) is 1. The number of aliphatic hydroxyl groups is 1. The Morgan fingerprint density at radius 2 is 1.45 bits per heavy atom. The maximum atomic E-state index is 13.1. The highest BCUT2D eigenvalue weighted by atomic mass is 31.2. The number of hydrogen-bond acceptors (Lipinski definition) is 9. The van der Waals surface area contributed by atoms with Crippen LogP contribution in [0.3, 0.4) is 0 Å². The zero-order valence-corrected chi connectivity index (χ0v) is 25.8. The number of allylic oxidation sites excluding steroid dienone is 1. The molecule has 0 unspecified atom stereocenters. The van der Waals surface area contributed by atoms with E-state index in [1.54, 1.807) is 39.0 Å². The Labute approximate surface area is 244 Å². The van der Waals surface area contributed by atoms with Gasteiger partial charge in [0, 0.05) is 0 Å². The number of ether oxygens (including phenoxy) is 1. The monoisotopic (exact) mass is 589 g/mol. The summed E-state index contributed by atoms with van der Waals surface area (Å²) in [5.41, 5.74) is -0.909. The Balaban J connectivity index is 5.22. The number of amides is 1. The van der Waals surface area contributed by atoms with Gasteiger partial charge in [-0.3, -0.25) is 13.6 Å². The van der Waals surface area contributed by atoms with Gasteiger partial charge >= 0.3 is 13.9 Å². The van der Waals surface area contributed by atoms with E-state index in [9.17, 15) is 14.5 Å². The molecule has 0 spiro atoms. The van der Waals surface area contributed by atoms with Crippen LogP contribution in [0, 0.1) is 22.7 Å². The molecule has 0 aliphatic carbocycles. The van der Waals surface area contributed by atoms with E-state index in [1.807, 2.05) is 0 Å². The van der Waals surface area contributed by atoms with Gasteiger partial charge < -0.3 is 15.2 Å². The van der Waals surface area contributed by atoms with Crippen molar-refractivity contribution in [2.24, 2.45) is 0 Å². The second-order valence-electron chi connectivity index (χ2n) is 10.5. The number of carbonyl (C=O) groups is 1. The van der Waals surface area contributed by atoms with Crippen LogP contribution in [0.1, 0.15) is 120 Å². The molecule has 0 aromatic rings. The van der Waals surface area contributed by atoms with E-state index in [0.717, 1.165) is 19.3 Å². The van der Waals surface area contributed by atoms with Gasteiger partial charge in [0.05, 0.1) is 59.6 Å². The van der Waals surface area contributed by atoms with Gasteiger partial charge in [-0.25, -0.2) is 9.36 Å². The first-order valence-electron chi connectivity index (χ1n) is 15.5. The summed E-state index contributed by atoms with van der Waals surface area (Å²) in [6.45, 7) is 3.33. The lowest BCUT2D eigenvalue weighted by atomic mass is 10.1. The van der Waals surface area contributed by atoms with Crippen LogP contribution in [0.25, 0.3) is 0 Å². The third-order valence-electron chi connectivity index (χ3n) is 5.54. The molecule has 40 heavy (non-hydrogen) atoms. The SMILES string of the molecule is [2H][13C]([2H])(OP(=O)(OCCC#N)OCCC#N)[13C@@H](NC(=O)OC(C)(C)C)[C@H](O)/C=C/CCCCCCCCCCCCC. The number of aliphatic hydroxyl groups excluding tert-OH is 1. The summed E-state index contributed by atoms with van der Waals surface area (Å²) in [7, 11) is -4.64. The fraction of sp³-hybridized carbons (Fsp3) is 0.828. The average molecular weight is 590 g/mol. The maximum absolute atomic E-state index is 13.1. The number of nitrogens with one attached hydrogen (secondary N) is 1. The highest BCUT2D eigenvalue weighted by molar-refractivity contribution is 7.48. The molecule has 0 bridgehead atoms. The molecule has 1 amide bonds. The van der Waals surface area contributed by atoms with E-state index < -0.39 is 38.2 Å². The van der Waals surface area contributed by atoms with E-state index in [-0.39, 0.29) is 26.1 Å². The molecule has 0 heterocycles. The number of nitrogens with zero attached hydrogens (tertiary/aromatic N) is 2. The normalized spacial score (nSPS) is 14.6. The van der Waals surface area contributed by atoms with Crippen LogP contribution in [0.5, 0.6) is 0 Å². The predicted molar refractivity (Wildman–Crippen MR) is 155 cm³/mol. The van der Waals surface area contributed by atoms with Crippen molar-refractivity contribution < 1.29 is 35.5 Å². The number of carbonyl (C=O) groups excluding carboxylic acids is 1. The van der Waals surface area contributed by atoms with Crippen molar-refractivity contribution in [2.45, 2.75) is 135 Å². The lowest BCUT2D eigenvalue weighted by molar-refractivity contribution is 0.0374. The Morgan fingerprint density at radius 1 is 0.950 bits per heavy atom. The van der Waals surface area contributed by atoms with E-state index in [1.165, 1.54) is 57.4 Å². The lowest BCUT2D eigenvalue weighted by Crippen LogP contribution is -2.47. The molecular weight excluding hydrogens is 535 g/mol. The number of unbranched alkanes of at least 4 members (excludes halogenated alkanes) is 11. The summed E-state index contributed by atoms with van der Waals surface area (Å²) in [4.78, 5) is 12.5. The van der Waals surface area contributed by atoms with Crippen LogP contribution < -0.4 is 5.32 Å². The molecule has 0 aliphatic heterocycles. The standard InChI is InChI=1S/C29H52N3O7P/c1-5-6-7-8-9-10-11-12-13-14-15-16-17-20-27(33)26(32-28(34)39-29(2,3)4)25-38-40(35,36-23-18-21-30)37-24-19-22-31/h17,20,26-27,33H,5-16,18-19,23-25H2,1-4H3,(H,32,34)/b20-17+/t26-,27-/m1/s1/i25+1D2,26+1. The fourth-order valence-corrected chi connectivity index (χ4v) is 4.56. The first-order valence-corrected chi connectivity index (χ1v) is 15.9. The van der Waals surface area contributed by atoms with Crippen LogP contribution in [-0.4, -0.2) is 48.7 Å². The molecule has 230 valence electrons. The van der Waals surface area contributed by atoms with Crippen molar-refractivity contribution in [3.63, 3.8) is 0 Å². The molecule has 0 fully saturated rings. The summed E-state index contributed by atoms with van der Waals surface area (Å²) in [5.74, 6) is 0. The minimum absolute atomic E-state index is 0.179. The summed E-state index contributed by atoms with van der Waals surface area (Å²) in [6, 6.07) is 1.81. The van der Waals surface area contributed by atoms with Crippen LogP contribution >= 0.6 is 7.82 Å². The minimum atomic E-state index is -4.64. The van der Waals surface area contributed by atoms with Gasteiger partial charge in [-0.1, -0.05) is 83.3 Å². The van der Waals surface area contributed by atoms with Gasteiger partial charge in [-0.2, -0.15) is 10.5 Å². The number of nitriles is 2. The van der Waals surface area contributed by atoms with Gasteiger partial charge in [0.1, 0.15) is 5.60 Å². The Bertz CT molecular complexity index is 877.